The Labute approximate surface area is 125 Å². The maximum Gasteiger partial charge on any atom is 0.266 e. The van der Waals surface area contributed by atoms with Crippen molar-refractivity contribution in [2.45, 2.75) is 12.8 Å². The molecule has 5 heteroatoms. The average molecular weight is 303 g/mol. The molecule has 3 aromatic rings. The molecule has 0 aliphatic carbocycles. The predicted octanol–water partition coefficient (Wildman–Crippen LogP) is 3.57. The van der Waals surface area contributed by atoms with Gasteiger partial charge in [-0.3, -0.25) is 9.36 Å². The number of halogens is 2. The van der Waals surface area contributed by atoms with E-state index in [1.54, 1.807) is 37.3 Å². The summed E-state index contributed by atoms with van der Waals surface area (Å²) in [7, 11) is 0. The lowest BCUT2D eigenvalue weighted by Crippen LogP contribution is -2.24. The highest BCUT2D eigenvalue weighted by atomic mass is 35.5. The largest absolute Gasteiger partial charge is 0.268 e. The summed E-state index contributed by atoms with van der Waals surface area (Å²) in [5.74, 6) is 0.0953. The molecule has 2 aromatic carbocycles. The van der Waals surface area contributed by atoms with Gasteiger partial charge in [-0.15, -0.1) is 11.6 Å². The summed E-state index contributed by atoms with van der Waals surface area (Å²) in [4.78, 5) is 17.1. The lowest BCUT2D eigenvalue weighted by Gasteiger charge is -2.14. The van der Waals surface area contributed by atoms with Gasteiger partial charge in [0.2, 0.25) is 0 Å². The van der Waals surface area contributed by atoms with Gasteiger partial charge in [0, 0.05) is 5.56 Å². The highest BCUT2D eigenvalue weighted by molar-refractivity contribution is 6.16. The standard InChI is InChI=1S/C16H12ClFN2O/c1-10-12(18)6-4-8-14(10)20-15(9-17)19-13-7-3-2-5-11(13)16(20)21/h2-8H,9H2,1H3. The summed E-state index contributed by atoms with van der Waals surface area (Å²) in [6.07, 6.45) is 0. The molecule has 1 aromatic heterocycles. The number of hydrogen-bond acceptors (Lipinski definition) is 2. The Morgan fingerprint density at radius 3 is 2.71 bits per heavy atom. The molecule has 0 saturated heterocycles. The SMILES string of the molecule is Cc1c(F)cccc1-n1c(CCl)nc2ccccc2c1=O. The molecule has 0 radical (unpaired) electrons. The Morgan fingerprint density at radius 1 is 1.19 bits per heavy atom. The fourth-order valence-corrected chi connectivity index (χ4v) is 2.53. The molecule has 0 aliphatic rings. The summed E-state index contributed by atoms with van der Waals surface area (Å²) < 4.78 is 15.2. The first-order chi connectivity index (χ1) is 10.1. The molecule has 0 spiro atoms. The second kappa shape index (κ2) is 5.30. The number of aromatic nitrogens is 2. The van der Waals surface area contributed by atoms with Crippen LogP contribution in [0.1, 0.15) is 11.4 Å². The van der Waals surface area contributed by atoms with Crippen LogP contribution in [0.15, 0.2) is 47.3 Å². The van der Waals surface area contributed by atoms with Crippen molar-refractivity contribution >= 4 is 22.5 Å². The first-order valence-corrected chi connectivity index (χ1v) is 6.99. The summed E-state index contributed by atoms with van der Waals surface area (Å²) in [6, 6.07) is 11.7. The van der Waals surface area contributed by atoms with Gasteiger partial charge in [0.15, 0.2) is 0 Å². The van der Waals surface area contributed by atoms with Crippen LogP contribution in [0.2, 0.25) is 0 Å². The third-order valence-electron chi connectivity index (χ3n) is 3.44. The number of nitrogens with zero attached hydrogens (tertiary/aromatic N) is 2. The Morgan fingerprint density at radius 2 is 1.95 bits per heavy atom. The summed E-state index contributed by atoms with van der Waals surface area (Å²) in [6.45, 7) is 1.63. The Balaban J connectivity index is 2.44. The van der Waals surface area contributed by atoms with Crippen molar-refractivity contribution in [1.29, 1.82) is 0 Å². The lowest BCUT2D eigenvalue weighted by molar-refractivity contribution is 0.616. The minimum atomic E-state index is -0.368. The van der Waals surface area contributed by atoms with E-state index in [0.29, 0.717) is 28.0 Å². The third kappa shape index (κ3) is 2.21. The zero-order valence-corrected chi connectivity index (χ0v) is 12.1. The number of para-hydroxylation sites is 1. The van der Waals surface area contributed by atoms with Crippen LogP contribution in [-0.4, -0.2) is 9.55 Å². The summed E-state index contributed by atoms with van der Waals surface area (Å²) in [5, 5.41) is 0.482. The van der Waals surface area contributed by atoms with Crippen LogP contribution in [0, 0.1) is 12.7 Å². The van der Waals surface area contributed by atoms with E-state index in [2.05, 4.69) is 4.98 Å². The molecule has 3 rings (SSSR count). The van der Waals surface area contributed by atoms with Crippen molar-refractivity contribution in [3.05, 3.63) is 70.0 Å². The van der Waals surface area contributed by atoms with Crippen molar-refractivity contribution in [3.8, 4) is 5.69 Å². The van der Waals surface area contributed by atoms with E-state index in [4.69, 9.17) is 11.6 Å². The fraction of sp³-hybridized carbons (Fsp3) is 0.125. The molecule has 0 fully saturated rings. The molecule has 0 amide bonds. The monoisotopic (exact) mass is 302 g/mol. The van der Waals surface area contributed by atoms with Crippen molar-refractivity contribution in [2.24, 2.45) is 0 Å². The fourth-order valence-electron chi connectivity index (χ4n) is 2.36. The van der Waals surface area contributed by atoms with E-state index in [-0.39, 0.29) is 17.3 Å². The lowest BCUT2D eigenvalue weighted by atomic mass is 10.1. The van der Waals surface area contributed by atoms with Gasteiger partial charge < -0.3 is 0 Å². The Kier molecular flexibility index (Phi) is 3.47. The quantitative estimate of drug-likeness (QED) is 0.678. The molecule has 0 saturated carbocycles. The maximum absolute atomic E-state index is 13.8. The molecule has 106 valence electrons. The smallest absolute Gasteiger partial charge is 0.266 e. The predicted molar refractivity (Wildman–Crippen MR) is 81.6 cm³/mol. The van der Waals surface area contributed by atoms with Crippen molar-refractivity contribution in [1.82, 2.24) is 9.55 Å². The molecule has 3 nitrogen and oxygen atoms in total. The van der Waals surface area contributed by atoms with Gasteiger partial charge >= 0.3 is 0 Å². The second-order valence-electron chi connectivity index (χ2n) is 4.70. The first-order valence-electron chi connectivity index (χ1n) is 6.45. The van der Waals surface area contributed by atoms with E-state index in [0.717, 1.165) is 0 Å². The number of benzene rings is 2. The molecular formula is C16H12ClFN2O. The molecular weight excluding hydrogens is 291 g/mol. The summed E-state index contributed by atoms with van der Waals surface area (Å²) in [5.41, 5.74) is 1.20. The number of hydrogen-bond donors (Lipinski definition) is 0. The van der Waals surface area contributed by atoms with Gasteiger partial charge in [0.05, 0.1) is 22.5 Å². The van der Waals surface area contributed by atoms with E-state index in [9.17, 15) is 9.18 Å². The minimum Gasteiger partial charge on any atom is -0.268 e. The number of fused-ring (bicyclic) bond motifs is 1. The van der Waals surface area contributed by atoms with Crippen LogP contribution < -0.4 is 5.56 Å². The molecule has 21 heavy (non-hydrogen) atoms. The van der Waals surface area contributed by atoms with E-state index >= 15 is 0 Å². The highest BCUT2D eigenvalue weighted by Gasteiger charge is 2.14. The molecule has 0 N–H and O–H groups in total. The molecule has 0 atom stereocenters. The Bertz CT molecular complexity index is 889. The minimum absolute atomic E-state index is 0.0655. The van der Waals surface area contributed by atoms with Gasteiger partial charge in [-0.2, -0.15) is 0 Å². The molecule has 0 aliphatic heterocycles. The van der Waals surface area contributed by atoms with Crippen LogP contribution in [0.5, 0.6) is 0 Å². The topological polar surface area (TPSA) is 34.9 Å². The molecule has 0 bridgehead atoms. The molecule has 1 heterocycles. The van der Waals surface area contributed by atoms with Gasteiger partial charge in [-0.25, -0.2) is 9.37 Å². The Hall–Kier alpha value is -2.20. The first kappa shape index (κ1) is 13.8. The van der Waals surface area contributed by atoms with E-state index in [1.807, 2.05) is 6.07 Å². The van der Waals surface area contributed by atoms with Crippen molar-refractivity contribution in [3.63, 3.8) is 0 Å². The van der Waals surface area contributed by atoms with E-state index in [1.165, 1.54) is 10.6 Å². The maximum atomic E-state index is 13.8. The number of rotatable bonds is 2. The van der Waals surface area contributed by atoms with Crippen LogP contribution in [0.25, 0.3) is 16.6 Å². The van der Waals surface area contributed by atoms with Crippen LogP contribution in [0.4, 0.5) is 4.39 Å². The zero-order valence-electron chi connectivity index (χ0n) is 11.3. The zero-order chi connectivity index (χ0) is 15.0. The highest BCUT2D eigenvalue weighted by Crippen LogP contribution is 2.19. The average Bonchev–Trinajstić information content (AvgIpc) is 2.50. The second-order valence-corrected chi connectivity index (χ2v) is 4.97. The summed E-state index contributed by atoms with van der Waals surface area (Å²) >= 11 is 5.93. The third-order valence-corrected chi connectivity index (χ3v) is 3.68. The van der Waals surface area contributed by atoms with Crippen LogP contribution in [-0.2, 0) is 5.88 Å². The van der Waals surface area contributed by atoms with Gasteiger partial charge in [0.1, 0.15) is 11.6 Å². The van der Waals surface area contributed by atoms with Gasteiger partial charge in [-0.05, 0) is 31.2 Å². The van der Waals surface area contributed by atoms with Gasteiger partial charge in [0.25, 0.3) is 5.56 Å². The normalized spacial score (nSPS) is 11.0. The number of alkyl halides is 1. The van der Waals surface area contributed by atoms with Crippen LogP contribution in [0.3, 0.4) is 0 Å². The van der Waals surface area contributed by atoms with Crippen molar-refractivity contribution in [2.75, 3.05) is 0 Å². The van der Waals surface area contributed by atoms with Gasteiger partial charge in [-0.1, -0.05) is 18.2 Å². The van der Waals surface area contributed by atoms with E-state index < -0.39 is 0 Å². The van der Waals surface area contributed by atoms with Crippen LogP contribution >= 0.6 is 11.6 Å². The molecule has 0 unspecified atom stereocenters. The van der Waals surface area contributed by atoms with Crippen molar-refractivity contribution < 1.29 is 4.39 Å².